The smallest absolute Gasteiger partial charge is 0.305 e. The number of hydrogen-bond donors (Lipinski definition) is 0. The molecule has 0 bridgehead atoms. The van der Waals surface area contributed by atoms with Gasteiger partial charge in [0, 0.05) is 19.0 Å². The topological polar surface area (TPSA) is 38.8 Å². The van der Waals surface area contributed by atoms with E-state index in [1.54, 1.807) is 7.11 Å². The quantitative estimate of drug-likeness (QED) is 0.508. The second kappa shape index (κ2) is 7.67. The summed E-state index contributed by atoms with van der Waals surface area (Å²) >= 11 is 0. The Morgan fingerprint density at radius 2 is 2.18 bits per heavy atom. The van der Waals surface area contributed by atoms with Crippen molar-refractivity contribution >= 4 is 5.97 Å². The molecular formula is C13H25NO3. The van der Waals surface area contributed by atoms with Gasteiger partial charge < -0.3 is 9.57 Å². The van der Waals surface area contributed by atoms with E-state index >= 15 is 0 Å². The van der Waals surface area contributed by atoms with Gasteiger partial charge in [-0.15, -0.1) is 0 Å². The molecular weight excluding hydrogens is 218 g/mol. The lowest BCUT2D eigenvalue weighted by Gasteiger charge is -2.24. The molecule has 17 heavy (non-hydrogen) atoms. The van der Waals surface area contributed by atoms with E-state index in [4.69, 9.17) is 9.57 Å². The molecule has 1 heterocycles. The van der Waals surface area contributed by atoms with Crippen molar-refractivity contribution in [1.29, 1.82) is 0 Å². The van der Waals surface area contributed by atoms with Crippen LogP contribution in [0, 0.1) is 5.92 Å². The number of esters is 1. The molecule has 4 heteroatoms. The van der Waals surface area contributed by atoms with Gasteiger partial charge in [-0.25, -0.2) is 0 Å². The SMILES string of the molecule is CCOC(=O)CCCCC1C(C)CCN1OC. The Morgan fingerprint density at radius 1 is 1.41 bits per heavy atom. The lowest BCUT2D eigenvalue weighted by molar-refractivity contribution is -0.147. The van der Waals surface area contributed by atoms with E-state index in [9.17, 15) is 4.79 Å². The predicted octanol–water partition coefficient (Wildman–Crippen LogP) is 2.38. The Kier molecular flexibility index (Phi) is 6.52. The molecule has 0 radical (unpaired) electrons. The zero-order valence-electron chi connectivity index (χ0n) is 11.3. The molecule has 0 N–H and O–H groups in total. The summed E-state index contributed by atoms with van der Waals surface area (Å²) in [5.74, 6) is 0.619. The van der Waals surface area contributed by atoms with Crippen LogP contribution in [0.5, 0.6) is 0 Å². The third-order valence-corrected chi connectivity index (χ3v) is 3.50. The van der Waals surface area contributed by atoms with Gasteiger partial charge in [-0.2, -0.15) is 5.06 Å². The average Bonchev–Trinajstić information content (AvgIpc) is 2.66. The summed E-state index contributed by atoms with van der Waals surface area (Å²) in [5.41, 5.74) is 0. The van der Waals surface area contributed by atoms with Gasteiger partial charge in [-0.05, 0) is 32.1 Å². The predicted molar refractivity (Wildman–Crippen MR) is 66.4 cm³/mol. The maximum atomic E-state index is 11.2. The Hall–Kier alpha value is -0.610. The minimum atomic E-state index is -0.0735. The van der Waals surface area contributed by atoms with Crippen molar-refractivity contribution in [2.24, 2.45) is 5.92 Å². The molecule has 100 valence electrons. The molecule has 0 aliphatic carbocycles. The van der Waals surface area contributed by atoms with Gasteiger partial charge in [-0.1, -0.05) is 13.3 Å². The maximum absolute atomic E-state index is 11.2. The first-order valence-corrected chi connectivity index (χ1v) is 6.65. The van der Waals surface area contributed by atoms with Crippen LogP contribution in [0.15, 0.2) is 0 Å². The second-order valence-corrected chi connectivity index (χ2v) is 4.71. The zero-order chi connectivity index (χ0) is 12.7. The van der Waals surface area contributed by atoms with Crippen molar-refractivity contribution in [3.05, 3.63) is 0 Å². The molecule has 1 saturated heterocycles. The van der Waals surface area contributed by atoms with E-state index in [1.807, 2.05) is 6.92 Å². The largest absolute Gasteiger partial charge is 0.466 e. The van der Waals surface area contributed by atoms with Gasteiger partial charge in [-0.3, -0.25) is 4.79 Å². The van der Waals surface area contributed by atoms with E-state index in [-0.39, 0.29) is 5.97 Å². The van der Waals surface area contributed by atoms with Crippen LogP contribution in [-0.2, 0) is 14.4 Å². The van der Waals surface area contributed by atoms with Crippen molar-refractivity contribution in [3.8, 4) is 0 Å². The third kappa shape index (κ3) is 4.64. The highest BCUT2D eigenvalue weighted by atomic mass is 16.7. The third-order valence-electron chi connectivity index (χ3n) is 3.50. The highest BCUT2D eigenvalue weighted by Gasteiger charge is 2.30. The van der Waals surface area contributed by atoms with Gasteiger partial charge in [0.2, 0.25) is 0 Å². The molecule has 1 rings (SSSR count). The number of carbonyl (C=O) groups excluding carboxylic acids is 1. The highest BCUT2D eigenvalue weighted by Crippen LogP contribution is 2.27. The second-order valence-electron chi connectivity index (χ2n) is 4.71. The van der Waals surface area contributed by atoms with E-state index in [0.717, 1.165) is 25.8 Å². The molecule has 2 atom stereocenters. The standard InChI is InChI=1S/C13H25NO3/c1-4-17-13(15)8-6-5-7-12-11(2)9-10-14(12)16-3/h11-12H,4-10H2,1-3H3. The summed E-state index contributed by atoms with van der Waals surface area (Å²) in [6.45, 7) is 5.62. The van der Waals surface area contributed by atoms with Crippen LogP contribution in [-0.4, -0.2) is 37.3 Å². The molecule has 0 spiro atoms. The lowest BCUT2D eigenvalue weighted by atomic mass is 9.98. The first-order chi connectivity index (χ1) is 8.19. The fraction of sp³-hybridized carbons (Fsp3) is 0.923. The molecule has 0 saturated carbocycles. The molecule has 2 unspecified atom stereocenters. The summed E-state index contributed by atoms with van der Waals surface area (Å²) < 4.78 is 4.90. The number of unbranched alkanes of at least 4 members (excludes halogenated alkanes) is 1. The average molecular weight is 243 g/mol. The molecule has 0 amide bonds. The van der Waals surface area contributed by atoms with E-state index < -0.39 is 0 Å². The van der Waals surface area contributed by atoms with Gasteiger partial charge in [0.05, 0.1) is 13.7 Å². The van der Waals surface area contributed by atoms with Gasteiger partial charge in [0.15, 0.2) is 0 Å². The number of rotatable bonds is 7. The molecule has 0 aromatic rings. The van der Waals surface area contributed by atoms with Crippen LogP contribution >= 0.6 is 0 Å². The van der Waals surface area contributed by atoms with Crippen LogP contribution in [0.4, 0.5) is 0 Å². The summed E-state index contributed by atoms with van der Waals surface area (Å²) in [7, 11) is 1.74. The molecule has 1 aliphatic heterocycles. The number of carbonyl (C=O) groups is 1. The van der Waals surface area contributed by atoms with Crippen LogP contribution in [0.25, 0.3) is 0 Å². The molecule has 1 aliphatic rings. The maximum Gasteiger partial charge on any atom is 0.305 e. The van der Waals surface area contributed by atoms with Gasteiger partial charge in [0.25, 0.3) is 0 Å². The molecule has 1 fully saturated rings. The lowest BCUT2D eigenvalue weighted by Crippen LogP contribution is -2.31. The summed E-state index contributed by atoms with van der Waals surface area (Å²) in [5, 5.41) is 2.08. The monoisotopic (exact) mass is 243 g/mol. The Balaban J connectivity index is 2.15. The Bertz CT molecular complexity index is 233. The fourth-order valence-corrected chi connectivity index (χ4v) is 2.48. The normalized spacial score (nSPS) is 25.1. The Morgan fingerprint density at radius 3 is 2.82 bits per heavy atom. The van der Waals surface area contributed by atoms with Crippen molar-refractivity contribution in [3.63, 3.8) is 0 Å². The minimum Gasteiger partial charge on any atom is -0.466 e. The van der Waals surface area contributed by atoms with Gasteiger partial charge in [0.1, 0.15) is 0 Å². The first kappa shape index (κ1) is 14.5. The summed E-state index contributed by atoms with van der Waals surface area (Å²) in [4.78, 5) is 16.5. The number of hydroxylamine groups is 2. The first-order valence-electron chi connectivity index (χ1n) is 6.65. The summed E-state index contributed by atoms with van der Waals surface area (Å²) in [6.07, 6.45) is 4.83. The van der Waals surface area contributed by atoms with Crippen molar-refractivity contribution in [1.82, 2.24) is 5.06 Å². The van der Waals surface area contributed by atoms with Crippen LogP contribution in [0.2, 0.25) is 0 Å². The van der Waals surface area contributed by atoms with Crippen molar-refractivity contribution < 1.29 is 14.4 Å². The number of hydrogen-bond acceptors (Lipinski definition) is 4. The zero-order valence-corrected chi connectivity index (χ0v) is 11.3. The Labute approximate surface area is 104 Å². The molecule has 0 aromatic carbocycles. The fourth-order valence-electron chi connectivity index (χ4n) is 2.48. The van der Waals surface area contributed by atoms with Crippen molar-refractivity contribution in [2.75, 3.05) is 20.3 Å². The number of nitrogens with zero attached hydrogens (tertiary/aromatic N) is 1. The van der Waals surface area contributed by atoms with Crippen LogP contribution in [0.3, 0.4) is 0 Å². The van der Waals surface area contributed by atoms with E-state index in [2.05, 4.69) is 12.0 Å². The van der Waals surface area contributed by atoms with E-state index in [0.29, 0.717) is 25.0 Å². The molecule has 4 nitrogen and oxygen atoms in total. The van der Waals surface area contributed by atoms with Crippen molar-refractivity contribution in [2.45, 2.75) is 52.0 Å². The minimum absolute atomic E-state index is 0.0735. The highest BCUT2D eigenvalue weighted by molar-refractivity contribution is 5.69. The number of ether oxygens (including phenoxy) is 1. The molecule has 0 aromatic heterocycles. The van der Waals surface area contributed by atoms with Gasteiger partial charge >= 0.3 is 5.97 Å². The van der Waals surface area contributed by atoms with Crippen LogP contribution < -0.4 is 0 Å². The van der Waals surface area contributed by atoms with E-state index in [1.165, 1.54) is 6.42 Å². The summed E-state index contributed by atoms with van der Waals surface area (Å²) in [6, 6.07) is 0.516. The van der Waals surface area contributed by atoms with Crippen LogP contribution in [0.1, 0.15) is 46.0 Å².